The van der Waals surface area contributed by atoms with E-state index in [-0.39, 0.29) is 0 Å². The zero-order chi connectivity index (χ0) is 13.4. The lowest BCUT2D eigenvalue weighted by molar-refractivity contribution is 0.110. The van der Waals surface area contributed by atoms with Crippen LogP contribution in [0.1, 0.15) is 70.6 Å². The molecule has 0 aromatic heterocycles. The standard InChI is InChI=1S/C18H32N2/c1-2-6-17-15(5-1)9-12-20(17)14-18(10-3-4-11-18)13-19-16-7-8-16/h15-17,19H,1-14H2. The molecule has 2 heteroatoms. The molecule has 114 valence electrons. The Labute approximate surface area is 124 Å². The lowest BCUT2D eigenvalue weighted by Crippen LogP contribution is -2.46. The molecule has 0 bridgehead atoms. The second-order valence-corrected chi connectivity index (χ2v) is 8.23. The maximum atomic E-state index is 3.86. The van der Waals surface area contributed by atoms with Gasteiger partial charge < -0.3 is 5.32 Å². The molecular formula is C18H32N2. The van der Waals surface area contributed by atoms with E-state index < -0.39 is 0 Å². The van der Waals surface area contributed by atoms with Gasteiger partial charge in [-0.1, -0.05) is 25.7 Å². The molecule has 4 fully saturated rings. The quantitative estimate of drug-likeness (QED) is 0.826. The average Bonchev–Trinajstić information content (AvgIpc) is 3.07. The fourth-order valence-corrected chi connectivity index (χ4v) is 5.29. The number of hydrogen-bond acceptors (Lipinski definition) is 2. The van der Waals surface area contributed by atoms with Crippen molar-refractivity contribution in [3.8, 4) is 0 Å². The monoisotopic (exact) mass is 276 g/mol. The van der Waals surface area contributed by atoms with E-state index in [9.17, 15) is 0 Å². The van der Waals surface area contributed by atoms with Crippen molar-refractivity contribution in [1.29, 1.82) is 0 Å². The van der Waals surface area contributed by atoms with E-state index in [1.54, 1.807) is 0 Å². The Kier molecular flexibility index (Phi) is 3.80. The van der Waals surface area contributed by atoms with Crippen LogP contribution >= 0.6 is 0 Å². The second-order valence-electron chi connectivity index (χ2n) is 8.23. The van der Waals surface area contributed by atoms with Gasteiger partial charge in [0.1, 0.15) is 0 Å². The fraction of sp³-hybridized carbons (Fsp3) is 1.00. The van der Waals surface area contributed by atoms with Gasteiger partial charge in [0.2, 0.25) is 0 Å². The Bertz CT molecular complexity index is 330. The zero-order valence-electron chi connectivity index (χ0n) is 13.1. The summed E-state index contributed by atoms with van der Waals surface area (Å²) in [4.78, 5) is 2.92. The summed E-state index contributed by atoms with van der Waals surface area (Å²) in [5.41, 5.74) is 0.634. The molecule has 1 aliphatic heterocycles. The van der Waals surface area contributed by atoms with E-state index in [4.69, 9.17) is 0 Å². The third kappa shape index (κ3) is 2.78. The third-order valence-corrected chi connectivity index (χ3v) is 6.67. The number of hydrogen-bond donors (Lipinski definition) is 1. The van der Waals surface area contributed by atoms with Gasteiger partial charge in [-0.05, 0) is 62.8 Å². The summed E-state index contributed by atoms with van der Waals surface area (Å²) in [5.74, 6) is 1.05. The van der Waals surface area contributed by atoms with E-state index in [0.29, 0.717) is 5.41 Å². The molecule has 0 aromatic rings. The zero-order valence-corrected chi connectivity index (χ0v) is 13.1. The van der Waals surface area contributed by atoms with Crippen molar-refractivity contribution in [1.82, 2.24) is 10.2 Å². The number of likely N-dealkylation sites (tertiary alicyclic amines) is 1. The van der Waals surface area contributed by atoms with Gasteiger partial charge in [-0.3, -0.25) is 4.90 Å². The normalized spacial score (nSPS) is 37.2. The van der Waals surface area contributed by atoms with E-state index in [1.807, 2.05) is 0 Å². The van der Waals surface area contributed by atoms with Gasteiger partial charge in [-0.15, -0.1) is 0 Å². The molecule has 1 saturated heterocycles. The predicted octanol–water partition coefficient (Wildman–Crippen LogP) is 3.56. The first-order valence-corrected chi connectivity index (χ1v) is 9.32. The van der Waals surface area contributed by atoms with Crippen molar-refractivity contribution < 1.29 is 0 Å². The Hall–Kier alpha value is -0.0800. The molecule has 2 unspecified atom stereocenters. The lowest BCUT2D eigenvalue weighted by Gasteiger charge is -2.39. The molecule has 20 heavy (non-hydrogen) atoms. The number of fused-ring (bicyclic) bond motifs is 1. The maximum absolute atomic E-state index is 3.86. The van der Waals surface area contributed by atoms with Gasteiger partial charge in [0.15, 0.2) is 0 Å². The van der Waals surface area contributed by atoms with Crippen LogP contribution < -0.4 is 5.32 Å². The van der Waals surface area contributed by atoms with E-state index in [1.165, 1.54) is 90.3 Å². The van der Waals surface area contributed by atoms with Crippen LogP contribution in [0.4, 0.5) is 0 Å². The van der Waals surface area contributed by atoms with Gasteiger partial charge in [-0.25, -0.2) is 0 Å². The fourth-order valence-electron chi connectivity index (χ4n) is 5.29. The average molecular weight is 276 g/mol. The first-order chi connectivity index (χ1) is 9.85. The highest BCUT2D eigenvalue weighted by atomic mass is 15.2. The van der Waals surface area contributed by atoms with Crippen LogP contribution in [0.15, 0.2) is 0 Å². The topological polar surface area (TPSA) is 15.3 Å². The molecule has 0 radical (unpaired) electrons. The van der Waals surface area contributed by atoms with E-state index in [0.717, 1.165) is 18.0 Å². The molecule has 4 aliphatic rings. The molecule has 1 N–H and O–H groups in total. The summed E-state index contributed by atoms with van der Waals surface area (Å²) in [7, 11) is 0. The minimum atomic E-state index is 0.634. The molecule has 0 spiro atoms. The number of nitrogens with zero attached hydrogens (tertiary/aromatic N) is 1. The minimum Gasteiger partial charge on any atom is -0.313 e. The van der Waals surface area contributed by atoms with E-state index in [2.05, 4.69) is 10.2 Å². The van der Waals surface area contributed by atoms with Crippen molar-refractivity contribution >= 4 is 0 Å². The first kappa shape index (κ1) is 13.6. The molecule has 1 heterocycles. The predicted molar refractivity (Wildman–Crippen MR) is 83.9 cm³/mol. The SMILES string of the molecule is C1CCC2C(C1)CCN2CC1(CNC2CC2)CCCC1. The van der Waals surface area contributed by atoms with Crippen molar-refractivity contribution in [2.45, 2.75) is 82.7 Å². The van der Waals surface area contributed by atoms with Crippen LogP contribution in [-0.4, -0.2) is 36.6 Å². The van der Waals surface area contributed by atoms with Gasteiger partial charge in [-0.2, -0.15) is 0 Å². The highest BCUT2D eigenvalue weighted by Gasteiger charge is 2.42. The van der Waals surface area contributed by atoms with Gasteiger partial charge in [0.05, 0.1) is 0 Å². The summed E-state index contributed by atoms with van der Waals surface area (Å²) in [5, 5.41) is 3.86. The van der Waals surface area contributed by atoms with Crippen LogP contribution in [0.3, 0.4) is 0 Å². The molecule has 2 atom stereocenters. The Balaban J connectivity index is 1.39. The molecular weight excluding hydrogens is 244 g/mol. The maximum Gasteiger partial charge on any atom is 0.0124 e. The first-order valence-electron chi connectivity index (χ1n) is 9.32. The molecule has 0 aromatic carbocycles. The highest BCUT2D eigenvalue weighted by Crippen LogP contribution is 2.43. The van der Waals surface area contributed by atoms with Gasteiger partial charge >= 0.3 is 0 Å². The van der Waals surface area contributed by atoms with Crippen molar-refractivity contribution in [2.24, 2.45) is 11.3 Å². The summed E-state index contributed by atoms with van der Waals surface area (Å²) in [6.07, 6.45) is 16.3. The largest absolute Gasteiger partial charge is 0.313 e. The van der Waals surface area contributed by atoms with Crippen LogP contribution in [0, 0.1) is 11.3 Å². The summed E-state index contributed by atoms with van der Waals surface area (Å²) < 4.78 is 0. The number of nitrogens with one attached hydrogen (secondary N) is 1. The van der Waals surface area contributed by atoms with Crippen LogP contribution in [-0.2, 0) is 0 Å². The van der Waals surface area contributed by atoms with Crippen LogP contribution in [0.5, 0.6) is 0 Å². The Morgan fingerprint density at radius 1 is 0.900 bits per heavy atom. The highest BCUT2D eigenvalue weighted by molar-refractivity contribution is 4.97. The Morgan fingerprint density at radius 2 is 1.70 bits per heavy atom. The van der Waals surface area contributed by atoms with Crippen molar-refractivity contribution in [3.05, 3.63) is 0 Å². The molecule has 4 rings (SSSR count). The third-order valence-electron chi connectivity index (χ3n) is 6.67. The summed E-state index contributed by atoms with van der Waals surface area (Å²) >= 11 is 0. The van der Waals surface area contributed by atoms with Crippen molar-refractivity contribution in [2.75, 3.05) is 19.6 Å². The van der Waals surface area contributed by atoms with Crippen LogP contribution in [0.2, 0.25) is 0 Å². The minimum absolute atomic E-state index is 0.634. The molecule has 2 nitrogen and oxygen atoms in total. The summed E-state index contributed by atoms with van der Waals surface area (Å²) in [6.45, 7) is 4.12. The van der Waals surface area contributed by atoms with Gasteiger partial charge in [0, 0.05) is 25.2 Å². The lowest BCUT2D eigenvalue weighted by atomic mass is 9.82. The molecule has 0 amide bonds. The van der Waals surface area contributed by atoms with Crippen molar-refractivity contribution in [3.63, 3.8) is 0 Å². The Morgan fingerprint density at radius 3 is 2.50 bits per heavy atom. The number of rotatable bonds is 5. The second kappa shape index (κ2) is 5.61. The van der Waals surface area contributed by atoms with E-state index >= 15 is 0 Å². The molecule has 3 saturated carbocycles. The van der Waals surface area contributed by atoms with Crippen LogP contribution in [0.25, 0.3) is 0 Å². The van der Waals surface area contributed by atoms with Gasteiger partial charge in [0.25, 0.3) is 0 Å². The smallest absolute Gasteiger partial charge is 0.0124 e. The molecule has 3 aliphatic carbocycles. The summed E-state index contributed by atoms with van der Waals surface area (Å²) in [6, 6.07) is 1.84.